The first kappa shape index (κ1) is 15.1. The summed E-state index contributed by atoms with van der Waals surface area (Å²) in [5.41, 5.74) is 1.26. The van der Waals surface area contributed by atoms with E-state index < -0.39 is 17.6 Å². The lowest BCUT2D eigenvalue weighted by Crippen LogP contribution is -2.25. The maximum absolute atomic E-state index is 12.7. The summed E-state index contributed by atoms with van der Waals surface area (Å²) >= 11 is 3.43. The molecule has 1 aliphatic rings. The lowest BCUT2D eigenvalue weighted by atomic mass is 10.1. The Morgan fingerprint density at radius 2 is 1.82 bits per heavy atom. The molecule has 2 aromatic rings. The molecule has 3 rings (SSSR count). The molecule has 0 N–H and O–H groups in total. The van der Waals surface area contributed by atoms with Crippen LogP contribution in [0, 0.1) is 0 Å². The fraction of sp³-hybridized carbons (Fsp3) is 0.188. The highest BCUT2D eigenvalue weighted by molar-refractivity contribution is 9.10. The van der Waals surface area contributed by atoms with Gasteiger partial charge in [0.1, 0.15) is 0 Å². The standard InChI is InChI=1S/C16H11BrF3NO/c17-14-6-2-4-11-8-21(9-13(11)14)15(22)10-3-1-5-12(7-10)16(18,19)20/h1-7H,8-9H2. The van der Waals surface area contributed by atoms with Crippen LogP contribution in [0.3, 0.4) is 0 Å². The van der Waals surface area contributed by atoms with Gasteiger partial charge in [0.2, 0.25) is 0 Å². The number of amides is 1. The molecule has 1 amide bonds. The number of fused-ring (bicyclic) bond motifs is 1. The average molecular weight is 370 g/mol. The number of halogens is 4. The minimum absolute atomic E-state index is 0.0544. The third-order valence-electron chi connectivity index (χ3n) is 3.65. The van der Waals surface area contributed by atoms with Gasteiger partial charge >= 0.3 is 6.18 Å². The molecule has 6 heteroatoms. The second kappa shape index (κ2) is 5.43. The van der Waals surface area contributed by atoms with Gasteiger partial charge in [-0.1, -0.05) is 34.1 Å². The van der Waals surface area contributed by atoms with Gasteiger partial charge in [0.05, 0.1) is 5.56 Å². The fourth-order valence-electron chi connectivity index (χ4n) is 2.54. The highest BCUT2D eigenvalue weighted by Crippen LogP contribution is 2.32. The van der Waals surface area contributed by atoms with Crippen molar-refractivity contribution in [2.45, 2.75) is 19.3 Å². The van der Waals surface area contributed by atoms with Gasteiger partial charge in [-0.05, 0) is 35.4 Å². The van der Waals surface area contributed by atoms with E-state index in [-0.39, 0.29) is 5.56 Å². The van der Waals surface area contributed by atoms with Crippen LogP contribution in [0.4, 0.5) is 13.2 Å². The predicted molar refractivity (Wildman–Crippen MR) is 79.2 cm³/mol. The molecular weight excluding hydrogens is 359 g/mol. The van der Waals surface area contributed by atoms with Crippen molar-refractivity contribution in [3.05, 3.63) is 69.2 Å². The minimum atomic E-state index is -4.45. The number of alkyl halides is 3. The van der Waals surface area contributed by atoms with Crippen molar-refractivity contribution >= 4 is 21.8 Å². The summed E-state index contributed by atoms with van der Waals surface area (Å²) in [4.78, 5) is 14.0. The van der Waals surface area contributed by atoms with Gasteiger partial charge in [-0.25, -0.2) is 0 Å². The van der Waals surface area contributed by atoms with Crippen LogP contribution in [0.2, 0.25) is 0 Å². The van der Waals surface area contributed by atoms with Crippen molar-refractivity contribution in [3.8, 4) is 0 Å². The van der Waals surface area contributed by atoms with Crippen LogP contribution in [-0.2, 0) is 19.3 Å². The van der Waals surface area contributed by atoms with Gasteiger partial charge < -0.3 is 4.90 Å². The fourth-order valence-corrected chi connectivity index (χ4v) is 3.07. The third kappa shape index (κ3) is 2.75. The molecule has 0 spiro atoms. The smallest absolute Gasteiger partial charge is 0.330 e. The van der Waals surface area contributed by atoms with Crippen LogP contribution in [-0.4, -0.2) is 10.8 Å². The molecule has 0 bridgehead atoms. The molecular formula is C16H11BrF3NO. The molecule has 1 aliphatic heterocycles. The largest absolute Gasteiger partial charge is 0.416 e. The zero-order chi connectivity index (χ0) is 15.9. The molecule has 0 unspecified atom stereocenters. The summed E-state index contributed by atoms with van der Waals surface area (Å²) in [6.45, 7) is 0.801. The van der Waals surface area contributed by atoms with E-state index in [0.29, 0.717) is 13.1 Å². The second-order valence-electron chi connectivity index (χ2n) is 5.12. The van der Waals surface area contributed by atoms with Crippen LogP contribution in [0.15, 0.2) is 46.9 Å². The predicted octanol–water partition coefficient (Wildman–Crippen LogP) is 4.62. The molecule has 2 aromatic carbocycles. The Bertz CT molecular complexity index is 742. The Balaban J connectivity index is 1.86. The maximum Gasteiger partial charge on any atom is 0.416 e. The van der Waals surface area contributed by atoms with E-state index in [2.05, 4.69) is 15.9 Å². The van der Waals surface area contributed by atoms with Crippen LogP contribution in [0.5, 0.6) is 0 Å². The number of nitrogens with zero attached hydrogens (tertiary/aromatic N) is 1. The van der Waals surface area contributed by atoms with Gasteiger partial charge in [-0.2, -0.15) is 13.2 Å². The molecule has 22 heavy (non-hydrogen) atoms. The van der Waals surface area contributed by atoms with Crippen molar-refractivity contribution in [2.75, 3.05) is 0 Å². The first-order chi connectivity index (χ1) is 10.4. The number of benzene rings is 2. The molecule has 0 radical (unpaired) electrons. The van der Waals surface area contributed by atoms with Crippen molar-refractivity contribution in [1.29, 1.82) is 0 Å². The maximum atomic E-state index is 12.7. The van der Waals surface area contributed by atoms with Crippen LogP contribution < -0.4 is 0 Å². The Kier molecular flexibility index (Phi) is 3.72. The Morgan fingerprint density at radius 1 is 1.09 bits per heavy atom. The van der Waals surface area contributed by atoms with E-state index >= 15 is 0 Å². The lowest BCUT2D eigenvalue weighted by molar-refractivity contribution is -0.137. The zero-order valence-electron chi connectivity index (χ0n) is 11.3. The van der Waals surface area contributed by atoms with Crippen molar-refractivity contribution in [3.63, 3.8) is 0 Å². The summed E-state index contributed by atoms with van der Waals surface area (Å²) in [5.74, 6) is -0.394. The number of carbonyl (C=O) groups is 1. The molecule has 2 nitrogen and oxygen atoms in total. The molecule has 0 saturated carbocycles. The average Bonchev–Trinajstić information content (AvgIpc) is 2.91. The van der Waals surface area contributed by atoms with E-state index in [0.717, 1.165) is 27.7 Å². The summed E-state index contributed by atoms with van der Waals surface area (Å²) in [6.07, 6.45) is -4.45. The van der Waals surface area contributed by atoms with Crippen molar-refractivity contribution in [2.24, 2.45) is 0 Å². The summed E-state index contributed by atoms with van der Waals surface area (Å²) in [7, 11) is 0. The number of rotatable bonds is 1. The summed E-state index contributed by atoms with van der Waals surface area (Å²) in [6, 6.07) is 10.2. The van der Waals surface area contributed by atoms with Crippen molar-refractivity contribution < 1.29 is 18.0 Å². The Labute approximate surface area is 133 Å². The summed E-state index contributed by atoms with van der Waals surface area (Å²) < 4.78 is 39.1. The highest BCUT2D eigenvalue weighted by atomic mass is 79.9. The first-order valence-electron chi connectivity index (χ1n) is 6.59. The molecule has 0 fully saturated rings. The first-order valence-corrected chi connectivity index (χ1v) is 7.38. The zero-order valence-corrected chi connectivity index (χ0v) is 12.9. The van der Waals surface area contributed by atoms with Crippen LogP contribution in [0.1, 0.15) is 27.0 Å². The Hall–Kier alpha value is -1.82. The quantitative estimate of drug-likeness (QED) is 0.717. The molecule has 0 saturated heterocycles. The number of hydrogen-bond acceptors (Lipinski definition) is 1. The highest BCUT2D eigenvalue weighted by Gasteiger charge is 2.32. The van der Waals surface area contributed by atoms with Gasteiger partial charge in [-0.3, -0.25) is 4.79 Å². The molecule has 1 heterocycles. The summed E-state index contributed by atoms with van der Waals surface area (Å²) in [5, 5.41) is 0. The lowest BCUT2D eigenvalue weighted by Gasteiger charge is -2.16. The van der Waals surface area contributed by atoms with Gasteiger partial charge in [0, 0.05) is 23.1 Å². The monoisotopic (exact) mass is 369 g/mol. The SMILES string of the molecule is O=C(c1cccc(C(F)(F)F)c1)N1Cc2cccc(Br)c2C1. The molecule has 0 aromatic heterocycles. The van der Waals surface area contributed by atoms with Gasteiger partial charge in [-0.15, -0.1) is 0 Å². The van der Waals surface area contributed by atoms with E-state index in [1.165, 1.54) is 12.1 Å². The third-order valence-corrected chi connectivity index (χ3v) is 4.39. The van der Waals surface area contributed by atoms with Crippen LogP contribution in [0.25, 0.3) is 0 Å². The molecule has 0 aliphatic carbocycles. The topological polar surface area (TPSA) is 20.3 Å². The van der Waals surface area contributed by atoms with Crippen molar-refractivity contribution in [1.82, 2.24) is 4.90 Å². The molecule has 0 atom stereocenters. The Morgan fingerprint density at radius 3 is 2.50 bits per heavy atom. The normalized spacial score (nSPS) is 14.1. The number of hydrogen-bond donors (Lipinski definition) is 0. The van der Waals surface area contributed by atoms with Gasteiger partial charge in [0.25, 0.3) is 5.91 Å². The minimum Gasteiger partial charge on any atom is -0.330 e. The van der Waals surface area contributed by atoms with E-state index in [1.54, 1.807) is 4.90 Å². The van der Waals surface area contributed by atoms with Crippen LogP contribution >= 0.6 is 15.9 Å². The molecule has 114 valence electrons. The second-order valence-corrected chi connectivity index (χ2v) is 5.97. The number of carbonyl (C=O) groups excluding carboxylic acids is 1. The van der Waals surface area contributed by atoms with E-state index in [1.807, 2.05) is 18.2 Å². The van der Waals surface area contributed by atoms with E-state index in [9.17, 15) is 18.0 Å². The van der Waals surface area contributed by atoms with Gasteiger partial charge in [0.15, 0.2) is 0 Å². The van der Waals surface area contributed by atoms with E-state index in [4.69, 9.17) is 0 Å².